The van der Waals surface area contributed by atoms with Crippen molar-refractivity contribution < 1.29 is 19.0 Å². The Bertz CT molecular complexity index is 938. The van der Waals surface area contributed by atoms with Gasteiger partial charge in [0.1, 0.15) is 5.75 Å². The summed E-state index contributed by atoms with van der Waals surface area (Å²) in [7, 11) is 1.70. The van der Waals surface area contributed by atoms with Crippen LogP contribution in [0.15, 0.2) is 42.5 Å². The first-order valence-corrected chi connectivity index (χ1v) is 11.0. The lowest BCUT2D eigenvalue weighted by molar-refractivity contribution is -0.135. The number of carbonyl (C=O) groups is 1. The Labute approximate surface area is 177 Å². The van der Waals surface area contributed by atoms with Crippen LogP contribution in [0.2, 0.25) is 0 Å². The molecular formula is C25H29NO4. The molecule has 2 aromatic carbocycles. The molecule has 2 aromatic rings. The van der Waals surface area contributed by atoms with Crippen molar-refractivity contribution in [1.82, 2.24) is 4.90 Å². The van der Waals surface area contributed by atoms with Gasteiger partial charge in [-0.15, -0.1) is 0 Å². The number of rotatable bonds is 6. The number of nitrogens with zero attached hydrogens (tertiary/aromatic N) is 1. The minimum Gasteiger partial charge on any atom is -0.496 e. The number of hydrogen-bond acceptors (Lipinski definition) is 4. The Kier molecular flexibility index (Phi) is 5.05. The van der Waals surface area contributed by atoms with Crippen LogP contribution in [-0.2, 0) is 4.79 Å². The topological polar surface area (TPSA) is 48.0 Å². The van der Waals surface area contributed by atoms with E-state index < -0.39 is 0 Å². The predicted octanol–water partition coefficient (Wildman–Crippen LogP) is 4.71. The largest absolute Gasteiger partial charge is 0.496 e. The summed E-state index contributed by atoms with van der Waals surface area (Å²) in [5, 5.41) is 0. The molecule has 2 aliphatic carbocycles. The normalized spacial score (nSPS) is 23.3. The second-order valence-corrected chi connectivity index (χ2v) is 8.60. The van der Waals surface area contributed by atoms with Crippen LogP contribution in [0.3, 0.4) is 0 Å². The molecule has 5 nitrogen and oxygen atoms in total. The summed E-state index contributed by atoms with van der Waals surface area (Å²) >= 11 is 0. The second kappa shape index (κ2) is 7.86. The lowest BCUT2D eigenvalue weighted by Gasteiger charge is -2.30. The Balaban J connectivity index is 1.36. The standard InChI is InChI=1S/C25H29NO4/c1-16(17-8-11-23-24(14-17)30-13-5-12-29-23)26(18-9-10-18)25(27)21-15-20(21)19-6-3-4-7-22(19)28-2/h3-4,6-8,11,14,16,18,20-21H,5,9-10,12-13,15H2,1-2H3. The van der Waals surface area contributed by atoms with Gasteiger partial charge in [-0.3, -0.25) is 4.79 Å². The smallest absolute Gasteiger partial charge is 0.227 e. The van der Waals surface area contributed by atoms with Crippen LogP contribution in [0.4, 0.5) is 0 Å². The maximum Gasteiger partial charge on any atom is 0.227 e. The Morgan fingerprint density at radius 2 is 1.87 bits per heavy atom. The Morgan fingerprint density at radius 3 is 2.63 bits per heavy atom. The molecule has 0 spiro atoms. The molecule has 0 saturated heterocycles. The fourth-order valence-electron chi connectivity index (χ4n) is 4.62. The van der Waals surface area contributed by atoms with E-state index in [9.17, 15) is 4.79 Å². The van der Waals surface area contributed by atoms with Gasteiger partial charge < -0.3 is 19.1 Å². The van der Waals surface area contributed by atoms with Gasteiger partial charge in [-0.1, -0.05) is 24.3 Å². The van der Waals surface area contributed by atoms with Crippen molar-refractivity contribution in [1.29, 1.82) is 0 Å². The van der Waals surface area contributed by atoms with Crippen LogP contribution in [0, 0.1) is 5.92 Å². The summed E-state index contributed by atoms with van der Waals surface area (Å²) in [6.07, 6.45) is 3.97. The van der Waals surface area contributed by atoms with E-state index in [4.69, 9.17) is 14.2 Å². The summed E-state index contributed by atoms with van der Waals surface area (Å²) in [6.45, 7) is 3.48. The third kappa shape index (κ3) is 3.62. The molecule has 3 aliphatic rings. The average molecular weight is 408 g/mol. The van der Waals surface area contributed by atoms with Crippen molar-refractivity contribution in [3.8, 4) is 17.2 Å². The first-order chi connectivity index (χ1) is 14.7. The molecule has 1 amide bonds. The number of benzene rings is 2. The van der Waals surface area contributed by atoms with E-state index >= 15 is 0 Å². The molecule has 5 rings (SSSR count). The fraction of sp³-hybridized carbons (Fsp3) is 0.480. The number of para-hydroxylation sites is 1. The van der Waals surface area contributed by atoms with E-state index in [1.54, 1.807) is 7.11 Å². The van der Waals surface area contributed by atoms with E-state index in [0.29, 0.717) is 19.3 Å². The lowest BCUT2D eigenvalue weighted by atomic mass is 10.0. The third-order valence-corrected chi connectivity index (χ3v) is 6.51. The first-order valence-electron chi connectivity index (χ1n) is 11.0. The fourth-order valence-corrected chi connectivity index (χ4v) is 4.62. The third-order valence-electron chi connectivity index (χ3n) is 6.51. The van der Waals surface area contributed by atoms with Crippen LogP contribution in [0.25, 0.3) is 0 Å². The first kappa shape index (κ1) is 19.3. The van der Waals surface area contributed by atoms with Crippen molar-refractivity contribution in [2.24, 2.45) is 5.92 Å². The van der Waals surface area contributed by atoms with Crippen molar-refractivity contribution in [2.45, 2.75) is 50.6 Å². The van der Waals surface area contributed by atoms with Crippen LogP contribution in [0.5, 0.6) is 17.2 Å². The Hall–Kier alpha value is -2.69. The molecule has 0 bridgehead atoms. The molecule has 30 heavy (non-hydrogen) atoms. The summed E-state index contributed by atoms with van der Waals surface area (Å²) < 4.78 is 17.2. The summed E-state index contributed by atoms with van der Waals surface area (Å²) in [6, 6.07) is 14.5. The minimum absolute atomic E-state index is 0.0149. The Morgan fingerprint density at radius 1 is 1.10 bits per heavy atom. The zero-order valence-corrected chi connectivity index (χ0v) is 17.7. The van der Waals surface area contributed by atoms with Crippen molar-refractivity contribution >= 4 is 5.91 Å². The van der Waals surface area contributed by atoms with Gasteiger partial charge in [0.15, 0.2) is 11.5 Å². The van der Waals surface area contributed by atoms with E-state index in [2.05, 4.69) is 30.0 Å². The van der Waals surface area contributed by atoms with Gasteiger partial charge in [0.2, 0.25) is 5.91 Å². The lowest BCUT2D eigenvalue weighted by Crippen LogP contribution is -2.37. The number of methoxy groups -OCH3 is 1. The minimum atomic E-state index is 0.0149. The van der Waals surface area contributed by atoms with Crippen LogP contribution < -0.4 is 14.2 Å². The molecule has 2 fully saturated rings. The molecule has 0 aromatic heterocycles. The molecule has 158 valence electrons. The summed E-state index contributed by atoms with van der Waals surface area (Å²) in [4.78, 5) is 15.7. The maximum absolute atomic E-state index is 13.6. The predicted molar refractivity (Wildman–Crippen MR) is 114 cm³/mol. The summed E-state index contributed by atoms with van der Waals surface area (Å²) in [5.74, 6) is 3.04. The van der Waals surface area contributed by atoms with Gasteiger partial charge in [-0.05, 0) is 61.4 Å². The number of hydrogen-bond donors (Lipinski definition) is 0. The van der Waals surface area contributed by atoms with Crippen molar-refractivity contribution in [3.05, 3.63) is 53.6 Å². The molecule has 1 aliphatic heterocycles. The van der Waals surface area contributed by atoms with Crippen LogP contribution >= 0.6 is 0 Å². The molecule has 2 saturated carbocycles. The highest BCUT2D eigenvalue weighted by molar-refractivity contribution is 5.84. The SMILES string of the molecule is COc1ccccc1C1CC1C(=O)N(C1CC1)C(C)c1ccc2c(c1)OCCCO2. The van der Waals surface area contributed by atoms with E-state index in [-0.39, 0.29) is 23.8 Å². The van der Waals surface area contributed by atoms with E-state index in [1.807, 2.05) is 24.3 Å². The van der Waals surface area contributed by atoms with Gasteiger partial charge in [0.05, 0.1) is 26.4 Å². The van der Waals surface area contributed by atoms with Crippen molar-refractivity contribution in [2.75, 3.05) is 20.3 Å². The van der Waals surface area contributed by atoms with Crippen LogP contribution in [0.1, 0.15) is 55.7 Å². The maximum atomic E-state index is 13.6. The zero-order chi connectivity index (χ0) is 20.7. The van der Waals surface area contributed by atoms with E-state index in [1.165, 1.54) is 0 Å². The number of ether oxygens (including phenoxy) is 3. The molecule has 1 heterocycles. The highest BCUT2D eigenvalue weighted by Crippen LogP contribution is 2.53. The number of fused-ring (bicyclic) bond motifs is 1. The van der Waals surface area contributed by atoms with Gasteiger partial charge in [-0.2, -0.15) is 0 Å². The highest BCUT2D eigenvalue weighted by atomic mass is 16.5. The van der Waals surface area contributed by atoms with E-state index in [0.717, 1.165) is 54.1 Å². The second-order valence-electron chi connectivity index (χ2n) is 8.60. The van der Waals surface area contributed by atoms with Crippen molar-refractivity contribution in [3.63, 3.8) is 0 Å². The highest BCUT2D eigenvalue weighted by Gasteiger charge is 2.50. The summed E-state index contributed by atoms with van der Waals surface area (Å²) in [5.41, 5.74) is 2.26. The number of carbonyl (C=O) groups excluding carboxylic acids is 1. The van der Waals surface area contributed by atoms with Gasteiger partial charge in [0.25, 0.3) is 0 Å². The molecule has 0 N–H and O–H groups in total. The monoisotopic (exact) mass is 407 g/mol. The average Bonchev–Trinajstić information content (AvgIpc) is 3.66. The molecule has 0 radical (unpaired) electrons. The van der Waals surface area contributed by atoms with Crippen LogP contribution in [-0.4, -0.2) is 37.2 Å². The van der Waals surface area contributed by atoms with Gasteiger partial charge in [-0.25, -0.2) is 0 Å². The molecular weight excluding hydrogens is 378 g/mol. The van der Waals surface area contributed by atoms with Gasteiger partial charge in [0, 0.05) is 18.4 Å². The van der Waals surface area contributed by atoms with Gasteiger partial charge >= 0.3 is 0 Å². The quantitative estimate of drug-likeness (QED) is 0.696. The molecule has 3 unspecified atom stereocenters. The number of amides is 1. The molecule has 3 atom stereocenters. The zero-order valence-electron chi connectivity index (χ0n) is 17.7. The molecule has 5 heteroatoms.